The molecule has 20 heavy (non-hydrogen) atoms. The van der Waals surface area contributed by atoms with E-state index in [1.165, 1.54) is 16.2 Å². The van der Waals surface area contributed by atoms with E-state index in [4.69, 9.17) is 4.98 Å². The third-order valence-corrected chi connectivity index (χ3v) is 4.61. The van der Waals surface area contributed by atoms with Crippen LogP contribution in [0.25, 0.3) is 11.0 Å². The molecule has 0 spiro atoms. The molecule has 3 nitrogen and oxygen atoms in total. The van der Waals surface area contributed by atoms with Gasteiger partial charge in [0.25, 0.3) is 0 Å². The molecule has 0 fully saturated rings. The summed E-state index contributed by atoms with van der Waals surface area (Å²) < 4.78 is 2.37. The number of thiazole rings is 1. The molecule has 0 unspecified atom stereocenters. The van der Waals surface area contributed by atoms with Crippen molar-refractivity contribution in [2.24, 2.45) is 0 Å². The Balaban J connectivity index is 1.92. The molecule has 0 bridgehead atoms. The number of aromatic nitrogens is 3. The fourth-order valence-corrected chi connectivity index (χ4v) is 3.34. The molecule has 2 aromatic heterocycles. The maximum absolute atomic E-state index is 4.78. The molecule has 0 aliphatic heterocycles. The van der Waals surface area contributed by atoms with Crippen molar-refractivity contribution >= 4 is 22.4 Å². The Kier molecular flexibility index (Phi) is 3.83. The van der Waals surface area contributed by atoms with Crippen LogP contribution in [0.1, 0.15) is 29.7 Å². The topological polar surface area (TPSA) is 30.7 Å². The summed E-state index contributed by atoms with van der Waals surface area (Å²) in [5.74, 6) is 1.20. The summed E-state index contributed by atoms with van der Waals surface area (Å²) in [4.78, 5) is 10.5. The standard InChI is InChI=1S/C16H19N3S/c1-3-6-16-18-13-7-4-5-8-14(13)19(16)10-9-15-12(2)17-11-20-15/h4-5,7-8,11H,3,6,9-10H2,1-2H3. The SMILES string of the molecule is CCCc1nc2ccccc2n1CCc1scnc1C. The van der Waals surface area contributed by atoms with Gasteiger partial charge in [-0.25, -0.2) is 9.97 Å². The number of para-hydroxylation sites is 2. The molecule has 4 heteroatoms. The van der Waals surface area contributed by atoms with E-state index < -0.39 is 0 Å². The molecule has 1 aromatic carbocycles. The average molecular weight is 285 g/mol. The molecule has 104 valence electrons. The first-order valence-electron chi connectivity index (χ1n) is 7.12. The Morgan fingerprint density at radius 2 is 2.05 bits per heavy atom. The number of hydrogen-bond donors (Lipinski definition) is 0. The zero-order valence-electron chi connectivity index (χ0n) is 12.0. The minimum Gasteiger partial charge on any atom is -0.328 e. The predicted octanol–water partition coefficient (Wildman–Crippen LogP) is 4.00. The molecule has 0 aliphatic rings. The second kappa shape index (κ2) is 5.75. The molecule has 0 atom stereocenters. The van der Waals surface area contributed by atoms with Gasteiger partial charge in [0.05, 0.1) is 22.2 Å². The Bertz CT molecular complexity index is 711. The third kappa shape index (κ3) is 2.48. The Morgan fingerprint density at radius 1 is 1.20 bits per heavy atom. The lowest BCUT2D eigenvalue weighted by molar-refractivity contribution is 0.660. The fraction of sp³-hybridized carbons (Fsp3) is 0.375. The van der Waals surface area contributed by atoms with Crippen molar-refractivity contribution in [1.82, 2.24) is 14.5 Å². The van der Waals surface area contributed by atoms with E-state index in [1.54, 1.807) is 11.3 Å². The molecule has 3 rings (SSSR count). The highest BCUT2D eigenvalue weighted by atomic mass is 32.1. The monoisotopic (exact) mass is 285 g/mol. The molecule has 0 aliphatic carbocycles. The quantitative estimate of drug-likeness (QED) is 0.709. The highest BCUT2D eigenvalue weighted by molar-refractivity contribution is 7.09. The molecule has 2 heterocycles. The average Bonchev–Trinajstić information content (AvgIpc) is 3.01. The first-order valence-corrected chi connectivity index (χ1v) is 8.00. The number of nitrogens with zero attached hydrogens (tertiary/aromatic N) is 3. The Hall–Kier alpha value is -1.68. The minimum atomic E-state index is 0.985. The molecule has 0 saturated carbocycles. The van der Waals surface area contributed by atoms with Gasteiger partial charge in [-0.15, -0.1) is 11.3 Å². The second-order valence-corrected chi connectivity index (χ2v) is 5.97. The largest absolute Gasteiger partial charge is 0.328 e. The molecule has 0 saturated heterocycles. The molecule has 0 radical (unpaired) electrons. The predicted molar refractivity (Wildman–Crippen MR) is 84.3 cm³/mol. The maximum atomic E-state index is 4.78. The molecule has 3 aromatic rings. The van der Waals surface area contributed by atoms with Crippen LogP contribution in [0.2, 0.25) is 0 Å². The van der Waals surface area contributed by atoms with E-state index >= 15 is 0 Å². The Labute approximate surface area is 123 Å². The van der Waals surface area contributed by atoms with Crippen molar-refractivity contribution in [2.45, 2.75) is 39.7 Å². The summed E-state index contributed by atoms with van der Waals surface area (Å²) in [5, 5.41) is 0. The van der Waals surface area contributed by atoms with Crippen LogP contribution in [0.4, 0.5) is 0 Å². The van der Waals surface area contributed by atoms with E-state index in [2.05, 4.69) is 47.7 Å². The number of imidazole rings is 1. The van der Waals surface area contributed by atoms with Crippen LogP contribution in [-0.4, -0.2) is 14.5 Å². The lowest BCUT2D eigenvalue weighted by Gasteiger charge is -2.08. The van der Waals surface area contributed by atoms with E-state index in [9.17, 15) is 0 Å². The van der Waals surface area contributed by atoms with Gasteiger partial charge in [-0.2, -0.15) is 0 Å². The maximum Gasteiger partial charge on any atom is 0.109 e. The highest BCUT2D eigenvalue weighted by Gasteiger charge is 2.10. The van der Waals surface area contributed by atoms with Crippen molar-refractivity contribution in [3.8, 4) is 0 Å². The van der Waals surface area contributed by atoms with E-state index in [-0.39, 0.29) is 0 Å². The van der Waals surface area contributed by atoms with Gasteiger partial charge in [-0.1, -0.05) is 19.1 Å². The molecule has 0 N–H and O–H groups in total. The van der Waals surface area contributed by atoms with Gasteiger partial charge in [-0.05, 0) is 25.5 Å². The van der Waals surface area contributed by atoms with Crippen molar-refractivity contribution in [3.05, 3.63) is 46.2 Å². The van der Waals surface area contributed by atoms with Gasteiger partial charge in [-0.3, -0.25) is 0 Å². The smallest absolute Gasteiger partial charge is 0.109 e. The lowest BCUT2D eigenvalue weighted by atomic mass is 10.2. The van der Waals surface area contributed by atoms with Gasteiger partial charge in [0, 0.05) is 24.3 Å². The molecule has 0 amide bonds. The first kappa shape index (κ1) is 13.3. The highest BCUT2D eigenvalue weighted by Crippen LogP contribution is 2.20. The van der Waals surface area contributed by atoms with Crippen LogP contribution in [0.3, 0.4) is 0 Å². The van der Waals surface area contributed by atoms with Crippen molar-refractivity contribution in [1.29, 1.82) is 0 Å². The summed E-state index contributed by atoms with van der Waals surface area (Å²) in [6.07, 6.45) is 3.20. The molecular formula is C16H19N3S. The van der Waals surface area contributed by atoms with Gasteiger partial charge >= 0.3 is 0 Å². The zero-order valence-corrected chi connectivity index (χ0v) is 12.8. The number of rotatable bonds is 5. The minimum absolute atomic E-state index is 0.985. The van der Waals surface area contributed by atoms with Crippen molar-refractivity contribution < 1.29 is 0 Å². The van der Waals surface area contributed by atoms with Crippen LogP contribution in [0, 0.1) is 6.92 Å². The lowest BCUT2D eigenvalue weighted by Crippen LogP contribution is -2.06. The first-order chi connectivity index (χ1) is 9.79. The summed E-state index contributed by atoms with van der Waals surface area (Å²) in [6, 6.07) is 8.42. The van der Waals surface area contributed by atoms with E-state index in [0.29, 0.717) is 0 Å². The second-order valence-electron chi connectivity index (χ2n) is 5.03. The number of benzene rings is 1. The summed E-state index contributed by atoms with van der Waals surface area (Å²) in [5.41, 5.74) is 5.45. The van der Waals surface area contributed by atoms with Gasteiger partial charge in [0.15, 0.2) is 0 Å². The van der Waals surface area contributed by atoms with E-state index in [0.717, 1.165) is 37.0 Å². The summed E-state index contributed by atoms with van der Waals surface area (Å²) >= 11 is 1.75. The van der Waals surface area contributed by atoms with Crippen LogP contribution in [0.15, 0.2) is 29.8 Å². The third-order valence-electron chi connectivity index (χ3n) is 3.61. The Morgan fingerprint density at radius 3 is 2.80 bits per heavy atom. The zero-order chi connectivity index (χ0) is 13.9. The number of fused-ring (bicyclic) bond motifs is 1. The van der Waals surface area contributed by atoms with Crippen molar-refractivity contribution in [3.63, 3.8) is 0 Å². The van der Waals surface area contributed by atoms with Crippen LogP contribution >= 0.6 is 11.3 Å². The van der Waals surface area contributed by atoms with Crippen molar-refractivity contribution in [2.75, 3.05) is 0 Å². The fourth-order valence-electron chi connectivity index (χ4n) is 2.57. The summed E-state index contributed by atoms with van der Waals surface area (Å²) in [6.45, 7) is 5.28. The molecular weight excluding hydrogens is 266 g/mol. The number of aryl methyl sites for hydroxylation is 4. The normalized spacial score (nSPS) is 11.3. The van der Waals surface area contributed by atoms with Gasteiger partial charge < -0.3 is 4.57 Å². The van der Waals surface area contributed by atoms with Gasteiger partial charge in [0.1, 0.15) is 5.82 Å². The summed E-state index contributed by atoms with van der Waals surface area (Å²) in [7, 11) is 0. The van der Waals surface area contributed by atoms with Gasteiger partial charge in [0.2, 0.25) is 0 Å². The van der Waals surface area contributed by atoms with E-state index in [1.807, 2.05) is 5.51 Å². The number of hydrogen-bond acceptors (Lipinski definition) is 3. The van der Waals surface area contributed by atoms with Crippen LogP contribution in [-0.2, 0) is 19.4 Å². The van der Waals surface area contributed by atoms with Crippen LogP contribution < -0.4 is 0 Å². The van der Waals surface area contributed by atoms with Crippen LogP contribution in [0.5, 0.6) is 0 Å².